The summed E-state index contributed by atoms with van der Waals surface area (Å²) >= 11 is 0. The second-order valence-electron chi connectivity index (χ2n) is 7.49. The van der Waals surface area contributed by atoms with Gasteiger partial charge in [-0.1, -0.05) is 6.07 Å². The van der Waals surface area contributed by atoms with Gasteiger partial charge in [0.2, 0.25) is 0 Å². The number of hydrogen-bond acceptors (Lipinski definition) is 5. The molecule has 1 aliphatic heterocycles. The topological polar surface area (TPSA) is 69.5 Å². The zero-order valence-corrected chi connectivity index (χ0v) is 17.5. The molecule has 29 heavy (non-hydrogen) atoms. The quantitative estimate of drug-likeness (QED) is 0.676. The average Bonchev–Trinajstić information content (AvgIpc) is 3.31. The van der Waals surface area contributed by atoms with Crippen molar-refractivity contribution >= 4 is 16.9 Å². The van der Waals surface area contributed by atoms with Crippen LogP contribution in [0.5, 0.6) is 11.5 Å². The molecule has 2 aromatic heterocycles. The maximum Gasteiger partial charge on any atom is 0.255 e. The van der Waals surface area contributed by atoms with Gasteiger partial charge in [-0.2, -0.15) is 5.10 Å². The highest BCUT2D eigenvalue weighted by Crippen LogP contribution is 2.38. The molecule has 1 amide bonds. The van der Waals surface area contributed by atoms with E-state index in [1.54, 1.807) is 18.9 Å². The third-order valence-electron chi connectivity index (χ3n) is 5.63. The maximum atomic E-state index is 13.6. The molecule has 3 heterocycles. The summed E-state index contributed by atoms with van der Waals surface area (Å²) in [4.78, 5) is 20.2. The van der Waals surface area contributed by atoms with Crippen molar-refractivity contribution in [1.82, 2.24) is 19.7 Å². The summed E-state index contributed by atoms with van der Waals surface area (Å²) in [6.45, 7) is 4.56. The SMILES string of the molecule is COc1ccc(C2CCCN2C(=O)c2cc(C)nc3c2c(C)nn3C)cc1OC. The Kier molecular flexibility index (Phi) is 4.90. The van der Waals surface area contributed by atoms with Gasteiger partial charge in [0.25, 0.3) is 5.91 Å². The van der Waals surface area contributed by atoms with Crippen LogP contribution in [0.4, 0.5) is 0 Å². The number of carbonyl (C=O) groups excluding carboxylic acids is 1. The molecule has 0 N–H and O–H groups in total. The molecule has 7 heteroatoms. The van der Waals surface area contributed by atoms with Crippen molar-refractivity contribution in [1.29, 1.82) is 0 Å². The van der Waals surface area contributed by atoms with Gasteiger partial charge < -0.3 is 14.4 Å². The fourth-order valence-electron chi connectivity index (χ4n) is 4.31. The van der Waals surface area contributed by atoms with Crippen LogP contribution < -0.4 is 9.47 Å². The van der Waals surface area contributed by atoms with E-state index in [9.17, 15) is 4.79 Å². The summed E-state index contributed by atoms with van der Waals surface area (Å²) in [6.07, 6.45) is 1.88. The van der Waals surface area contributed by atoms with E-state index >= 15 is 0 Å². The number of rotatable bonds is 4. The molecule has 0 radical (unpaired) electrons. The predicted octanol–water partition coefficient (Wildman–Crippen LogP) is 3.58. The molecule has 0 spiro atoms. The summed E-state index contributed by atoms with van der Waals surface area (Å²) in [5.41, 5.74) is 4.10. The van der Waals surface area contributed by atoms with Crippen LogP contribution in [0.1, 0.15) is 46.2 Å². The minimum atomic E-state index is 0.00260. The van der Waals surface area contributed by atoms with Crippen LogP contribution in [-0.2, 0) is 7.05 Å². The average molecular weight is 394 g/mol. The Balaban J connectivity index is 1.75. The first-order valence-corrected chi connectivity index (χ1v) is 9.78. The lowest BCUT2D eigenvalue weighted by Gasteiger charge is -2.26. The van der Waals surface area contributed by atoms with E-state index in [0.29, 0.717) is 17.1 Å². The molecule has 0 bridgehead atoms. The predicted molar refractivity (Wildman–Crippen MR) is 111 cm³/mol. The Hall–Kier alpha value is -3.09. The van der Waals surface area contributed by atoms with Crippen LogP contribution in [0.25, 0.3) is 11.0 Å². The van der Waals surface area contributed by atoms with Crippen LogP contribution in [0.2, 0.25) is 0 Å². The minimum Gasteiger partial charge on any atom is -0.493 e. The van der Waals surface area contributed by atoms with E-state index < -0.39 is 0 Å². The van der Waals surface area contributed by atoms with Crippen LogP contribution in [0.3, 0.4) is 0 Å². The number of aryl methyl sites for hydroxylation is 3. The maximum absolute atomic E-state index is 13.6. The van der Waals surface area contributed by atoms with Crippen LogP contribution in [0.15, 0.2) is 24.3 Å². The van der Waals surface area contributed by atoms with Gasteiger partial charge >= 0.3 is 0 Å². The van der Waals surface area contributed by atoms with Gasteiger partial charge in [0.05, 0.1) is 36.9 Å². The number of ether oxygens (including phenoxy) is 2. The first-order chi connectivity index (χ1) is 13.9. The number of likely N-dealkylation sites (tertiary alicyclic amines) is 1. The van der Waals surface area contributed by atoms with E-state index in [1.807, 2.05) is 50.1 Å². The number of hydrogen-bond donors (Lipinski definition) is 0. The minimum absolute atomic E-state index is 0.00260. The lowest BCUT2D eigenvalue weighted by atomic mass is 10.0. The Morgan fingerprint density at radius 1 is 1.14 bits per heavy atom. The molecule has 3 aromatic rings. The van der Waals surface area contributed by atoms with Gasteiger partial charge in [-0.15, -0.1) is 0 Å². The first-order valence-electron chi connectivity index (χ1n) is 9.78. The molecular weight excluding hydrogens is 368 g/mol. The summed E-state index contributed by atoms with van der Waals surface area (Å²) in [5, 5.41) is 5.31. The van der Waals surface area contributed by atoms with Crippen LogP contribution in [-0.4, -0.2) is 46.3 Å². The van der Waals surface area contributed by atoms with Crippen molar-refractivity contribution < 1.29 is 14.3 Å². The van der Waals surface area contributed by atoms with Crippen molar-refractivity contribution in [2.45, 2.75) is 32.7 Å². The number of fused-ring (bicyclic) bond motifs is 1. The Labute approximate surface area is 170 Å². The number of aromatic nitrogens is 3. The molecule has 1 aliphatic rings. The Morgan fingerprint density at radius 2 is 1.90 bits per heavy atom. The molecule has 1 unspecified atom stereocenters. The molecule has 152 valence electrons. The number of benzene rings is 1. The summed E-state index contributed by atoms with van der Waals surface area (Å²) in [6, 6.07) is 7.76. The van der Waals surface area contributed by atoms with E-state index in [4.69, 9.17) is 9.47 Å². The van der Waals surface area contributed by atoms with E-state index in [0.717, 1.165) is 47.4 Å². The van der Waals surface area contributed by atoms with Gasteiger partial charge in [0, 0.05) is 19.3 Å². The fourth-order valence-corrected chi connectivity index (χ4v) is 4.31. The second-order valence-corrected chi connectivity index (χ2v) is 7.49. The van der Waals surface area contributed by atoms with E-state index in [2.05, 4.69) is 10.1 Å². The summed E-state index contributed by atoms with van der Waals surface area (Å²) in [7, 11) is 5.11. The first kappa shape index (κ1) is 19.2. The number of nitrogens with zero attached hydrogens (tertiary/aromatic N) is 4. The zero-order chi connectivity index (χ0) is 20.7. The lowest BCUT2D eigenvalue weighted by Crippen LogP contribution is -2.31. The monoisotopic (exact) mass is 394 g/mol. The summed E-state index contributed by atoms with van der Waals surface area (Å²) < 4.78 is 12.6. The Bertz CT molecular complexity index is 1090. The van der Waals surface area contributed by atoms with Crippen molar-refractivity contribution in [3.8, 4) is 11.5 Å². The standard InChI is InChI=1S/C22H26N4O3/c1-13-11-16(20-14(2)24-25(3)21(20)23-13)22(27)26-10-6-7-17(26)15-8-9-18(28-4)19(12-15)29-5/h8-9,11-12,17H,6-7,10H2,1-5H3. The smallest absolute Gasteiger partial charge is 0.255 e. The van der Waals surface area contributed by atoms with E-state index in [-0.39, 0.29) is 11.9 Å². The summed E-state index contributed by atoms with van der Waals surface area (Å²) in [5.74, 6) is 1.38. The molecule has 1 aromatic carbocycles. The Morgan fingerprint density at radius 3 is 2.62 bits per heavy atom. The number of amides is 1. The number of methoxy groups -OCH3 is 2. The molecule has 4 rings (SSSR count). The van der Waals surface area contributed by atoms with Crippen molar-refractivity contribution in [3.05, 3.63) is 46.8 Å². The molecule has 1 atom stereocenters. The van der Waals surface area contributed by atoms with Crippen LogP contribution in [0, 0.1) is 13.8 Å². The van der Waals surface area contributed by atoms with Crippen molar-refractivity contribution in [2.75, 3.05) is 20.8 Å². The van der Waals surface area contributed by atoms with Gasteiger partial charge in [-0.05, 0) is 50.5 Å². The van der Waals surface area contributed by atoms with Crippen molar-refractivity contribution in [2.24, 2.45) is 7.05 Å². The molecular formula is C22H26N4O3. The van der Waals surface area contributed by atoms with Gasteiger partial charge in [-0.3, -0.25) is 9.48 Å². The van der Waals surface area contributed by atoms with Crippen molar-refractivity contribution in [3.63, 3.8) is 0 Å². The number of carbonyl (C=O) groups is 1. The van der Waals surface area contributed by atoms with E-state index in [1.165, 1.54) is 0 Å². The highest BCUT2D eigenvalue weighted by molar-refractivity contribution is 6.06. The fraction of sp³-hybridized carbons (Fsp3) is 0.409. The largest absolute Gasteiger partial charge is 0.493 e. The molecule has 1 saturated heterocycles. The van der Waals surface area contributed by atoms with Gasteiger partial charge in [-0.25, -0.2) is 4.98 Å². The van der Waals surface area contributed by atoms with Gasteiger partial charge in [0.1, 0.15) is 0 Å². The molecule has 0 saturated carbocycles. The lowest BCUT2D eigenvalue weighted by molar-refractivity contribution is 0.0737. The second kappa shape index (κ2) is 7.39. The third-order valence-corrected chi connectivity index (χ3v) is 5.63. The normalized spacial score (nSPS) is 16.4. The zero-order valence-electron chi connectivity index (χ0n) is 17.5. The third kappa shape index (κ3) is 3.20. The number of pyridine rings is 1. The highest BCUT2D eigenvalue weighted by Gasteiger charge is 2.33. The van der Waals surface area contributed by atoms with Gasteiger partial charge in [0.15, 0.2) is 17.1 Å². The van der Waals surface area contributed by atoms with Crippen LogP contribution >= 0.6 is 0 Å². The highest BCUT2D eigenvalue weighted by atomic mass is 16.5. The molecule has 1 fully saturated rings. The molecule has 0 aliphatic carbocycles. The molecule has 7 nitrogen and oxygen atoms in total.